The molecule has 1 aromatic heterocycles. The third-order valence-electron chi connectivity index (χ3n) is 5.18. The summed E-state index contributed by atoms with van der Waals surface area (Å²) in [7, 11) is 0. The number of fused-ring (bicyclic) bond motifs is 2. The summed E-state index contributed by atoms with van der Waals surface area (Å²) in [5.41, 5.74) is 4.63. The molecule has 2 aliphatic rings. The molecule has 3 aromatic rings. The van der Waals surface area contributed by atoms with Crippen LogP contribution in [0, 0.1) is 6.92 Å². The Hall–Kier alpha value is -3.28. The lowest BCUT2D eigenvalue weighted by Crippen LogP contribution is -2.25. The molecule has 1 atom stereocenters. The van der Waals surface area contributed by atoms with Gasteiger partial charge in [-0.2, -0.15) is 4.98 Å². The topological polar surface area (TPSA) is 59.5 Å². The maximum absolute atomic E-state index is 5.45. The summed E-state index contributed by atoms with van der Waals surface area (Å²) in [6.45, 7) is 5.14. The zero-order valence-corrected chi connectivity index (χ0v) is 16.0. The summed E-state index contributed by atoms with van der Waals surface area (Å²) in [6, 6.07) is 16.9. The van der Waals surface area contributed by atoms with E-state index in [9.17, 15) is 0 Å². The van der Waals surface area contributed by atoms with Gasteiger partial charge in [-0.3, -0.25) is 0 Å². The van der Waals surface area contributed by atoms with Gasteiger partial charge in [-0.05, 0) is 49.6 Å². The maximum atomic E-state index is 5.45. The van der Waals surface area contributed by atoms with Crippen molar-refractivity contribution in [3.8, 4) is 11.5 Å². The molecule has 0 spiro atoms. The molecule has 0 amide bonds. The van der Waals surface area contributed by atoms with Crippen molar-refractivity contribution >= 4 is 17.5 Å². The number of hydrogen-bond acceptors (Lipinski definition) is 6. The molecule has 0 aliphatic carbocycles. The van der Waals surface area contributed by atoms with E-state index in [2.05, 4.69) is 46.4 Å². The van der Waals surface area contributed by atoms with E-state index in [1.54, 1.807) is 0 Å². The van der Waals surface area contributed by atoms with Gasteiger partial charge in [0.1, 0.15) is 5.82 Å². The SMILES string of the molecule is Cc1cc(N2c3ccccc3CC2C)nc(NCc2ccc3c(c2)OCO3)n1. The van der Waals surface area contributed by atoms with Gasteiger partial charge in [0.05, 0.1) is 0 Å². The number of nitrogens with zero attached hydrogens (tertiary/aromatic N) is 3. The number of nitrogens with one attached hydrogen (secondary N) is 1. The van der Waals surface area contributed by atoms with Crippen LogP contribution in [0.15, 0.2) is 48.5 Å². The zero-order chi connectivity index (χ0) is 19.1. The lowest BCUT2D eigenvalue weighted by molar-refractivity contribution is 0.174. The highest BCUT2D eigenvalue weighted by Gasteiger charge is 2.28. The van der Waals surface area contributed by atoms with Gasteiger partial charge in [0.15, 0.2) is 11.5 Å². The highest BCUT2D eigenvalue weighted by atomic mass is 16.7. The first kappa shape index (κ1) is 16.9. The number of aryl methyl sites for hydroxylation is 1. The molecule has 0 radical (unpaired) electrons. The van der Waals surface area contributed by atoms with Crippen molar-refractivity contribution in [1.82, 2.24) is 9.97 Å². The van der Waals surface area contributed by atoms with E-state index < -0.39 is 0 Å². The van der Waals surface area contributed by atoms with Gasteiger partial charge >= 0.3 is 0 Å². The summed E-state index contributed by atoms with van der Waals surface area (Å²) < 4.78 is 10.8. The number of benzene rings is 2. The lowest BCUT2D eigenvalue weighted by atomic mass is 10.1. The second-order valence-electron chi connectivity index (χ2n) is 7.28. The van der Waals surface area contributed by atoms with Crippen molar-refractivity contribution in [2.45, 2.75) is 32.9 Å². The molecule has 6 nitrogen and oxygen atoms in total. The molecular formula is C22H22N4O2. The summed E-state index contributed by atoms with van der Waals surface area (Å²) in [5.74, 6) is 3.13. The Morgan fingerprint density at radius 2 is 1.93 bits per heavy atom. The Balaban J connectivity index is 1.39. The first-order valence-corrected chi connectivity index (χ1v) is 9.52. The van der Waals surface area contributed by atoms with Crippen molar-refractivity contribution < 1.29 is 9.47 Å². The number of ether oxygens (including phenoxy) is 2. The molecule has 2 aliphatic heterocycles. The number of rotatable bonds is 4. The minimum Gasteiger partial charge on any atom is -0.454 e. The lowest BCUT2D eigenvalue weighted by Gasteiger charge is -2.24. The van der Waals surface area contributed by atoms with Crippen molar-refractivity contribution in [2.75, 3.05) is 17.0 Å². The molecule has 0 saturated carbocycles. The Morgan fingerprint density at radius 1 is 1.07 bits per heavy atom. The number of aromatic nitrogens is 2. The van der Waals surface area contributed by atoms with Crippen molar-refractivity contribution in [3.05, 3.63) is 65.4 Å². The minimum atomic E-state index is 0.284. The van der Waals surface area contributed by atoms with E-state index in [4.69, 9.17) is 14.5 Å². The fourth-order valence-corrected chi connectivity index (χ4v) is 3.90. The predicted octanol–water partition coefficient (Wildman–Crippen LogP) is 4.21. The molecule has 0 saturated heterocycles. The number of para-hydroxylation sites is 1. The quantitative estimate of drug-likeness (QED) is 0.738. The first-order valence-electron chi connectivity index (χ1n) is 9.52. The van der Waals surface area contributed by atoms with E-state index in [0.29, 0.717) is 18.5 Å². The molecule has 2 aromatic carbocycles. The van der Waals surface area contributed by atoms with Crippen LogP contribution >= 0.6 is 0 Å². The van der Waals surface area contributed by atoms with E-state index in [1.165, 1.54) is 11.3 Å². The van der Waals surface area contributed by atoms with E-state index in [0.717, 1.165) is 35.0 Å². The van der Waals surface area contributed by atoms with Crippen LogP contribution in [0.1, 0.15) is 23.7 Å². The summed E-state index contributed by atoms with van der Waals surface area (Å²) in [5, 5.41) is 3.35. The van der Waals surface area contributed by atoms with Crippen LogP contribution in [0.3, 0.4) is 0 Å². The largest absolute Gasteiger partial charge is 0.454 e. The molecule has 0 bridgehead atoms. The van der Waals surface area contributed by atoms with Crippen LogP contribution in [0.25, 0.3) is 0 Å². The summed E-state index contributed by atoms with van der Waals surface area (Å²) >= 11 is 0. The third-order valence-corrected chi connectivity index (χ3v) is 5.18. The van der Waals surface area contributed by atoms with Gasteiger partial charge in [-0.25, -0.2) is 4.98 Å². The zero-order valence-electron chi connectivity index (χ0n) is 16.0. The number of anilines is 3. The maximum Gasteiger partial charge on any atom is 0.231 e. The number of hydrogen-bond donors (Lipinski definition) is 1. The first-order chi connectivity index (χ1) is 13.7. The van der Waals surface area contributed by atoms with Crippen molar-refractivity contribution in [3.63, 3.8) is 0 Å². The van der Waals surface area contributed by atoms with Gasteiger partial charge in [-0.15, -0.1) is 0 Å². The highest BCUT2D eigenvalue weighted by molar-refractivity contribution is 5.69. The van der Waals surface area contributed by atoms with Gasteiger partial charge in [0.25, 0.3) is 0 Å². The van der Waals surface area contributed by atoms with Gasteiger partial charge in [0.2, 0.25) is 12.7 Å². The molecule has 6 heteroatoms. The van der Waals surface area contributed by atoms with Crippen LogP contribution in [-0.2, 0) is 13.0 Å². The van der Waals surface area contributed by atoms with Gasteiger partial charge < -0.3 is 19.7 Å². The van der Waals surface area contributed by atoms with Gasteiger partial charge in [-0.1, -0.05) is 24.3 Å². The third kappa shape index (κ3) is 3.01. The van der Waals surface area contributed by atoms with E-state index in [-0.39, 0.29) is 6.79 Å². The molecule has 1 unspecified atom stereocenters. The molecule has 28 heavy (non-hydrogen) atoms. The average Bonchev–Trinajstić information content (AvgIpc) is 3.28. The molecule has 142 valence electrons. The van der Waals surface area contributed by atoms with Gasteiger partial charge in [0, 0.05) is 30.0 Å². The molecule has 5 rings (SSSR count). The van der Waals surface area contributed by atoms with Crippen LogP contribution in [-0.4, -0.2) is 22.8 Å². The molecule has 0 fully saturated rings. The standard InChI is InChI=1S/C22H22N4O2/c1-14-9-21(26-15(2)10-17-5-3-4-6-18(17)26)25-22(24-14)23-12-16-7-8-19-20(11-16)28-13-27-19/h3-9,11,15H,10,12-13H2,1-2H3,(H,23,24,25). The predicted molar refractivity (Wildman–Crippen MR) is 108 cm³/mol. The smallest absolute Gasteiger partial charge is 0.231 e. The average molecular weight is 374 g/mol. The second kappa shape index (κ2) is 6.71. The van der Waals surface area contributed by atoms with E-state index in [1.807, 2.05) is 31.2 Å². The highest BCUT2D eigenvalue weighted by Crippen LogP contribution is 2.37. The fraction of sp³-hybridized carbons (Fsp3) is 0.273. The Bertz CT molecular complexity index is 1040. The van der Waals surface area contributed by atoms with E-state index >= 15 is 0 Å². The van der Waals surface area contributed by atoms with Crippen LogP contribution in [0.2, 0.25) is 0 Å². The Labute approximate surface area is 164 Å². The minimum absolute atomic E-state index is 0.284. The normalized spacial score (nSPS) is 16.9. The summed E-state index contributed by atoms with van der Waals surface area (Å²) in [6.07, 6.45) is 1.03. The monoisotopic (exact) mass is 374 g/mol. The van der Waals surface area contributed by atoms with Crippen molar-refractivity contribution in [1.29, 1.82) is 0 Å². The Kier molecular flexibility index (Phi) is 4.04. The van der Waals surface area contributed by atoms with Crippen molar-refractivity contribution in [2.24, 2.45) is 0 Å². The Morgan fingerprint density at radius 3 is 2.86 bits per heavy atom. The van der Waals surface area contributed by atoms with Crippen LogP contribution in [0.4, 0.5) is 17.5 Å². The fourth-order valence-electron chi connectivity index (χ4n) is 3.90. The van der Waals surface area contributed by atoms with Crippen LogP contribution in [0.5, 0.6) is 11.5 Å². The summed E-state index contributed by atoms with van der Waals surface area (Å²) in [4.78, 5) is 11.7. The van der Waals surface area contributed by atoms with Crippen LogP contribution < -0.4 is 19.7 Å². The molecule has 1 N–H and O–H groups in total. The molecular weight excluding hydrogens is 352 g/mol. The second-order valence-corrected chi connectivity index (χ2v) is 7.28. The molecule has 3 heterocycles.